The van der Waals surface area contributed by atoms with E-state index in [1.165, 1.54) is 42.7 Å². The van der Waals surface area contributed by atoms with E-state index in [9.17, 15) is 0 Å². The average molecular weight is 254 g/mol. The monoisotopic (exact) mass is 254 g/mol. The molecule has 0 spiro atoms. The van der Waals surface area contributed by atoms with E-state index < -0.39 is 0 Å². The number of hydrogen-bond donors (Lipinski definition) is 0. The fraction of sp³-hybridized carbons (Fsp3) is 1.00. The summed E-state index contributed by atoms with van der Waals surface area (Å²) in [6.45, 7) is 2.27. The Morgan fingerprint density at radius 3 is 3.08 bits per heavy atom. The van der Waals surface area contributed by atoms with Crippen LogP contribution in [0, 0.1) is 5.92 Å². The molecule has 0 aliphatic carbocycles. The molecule has 72 valence electrons. The molecule has 0 saturated carbocycles. The van der Waals surface area contributed by atoms with Gasteiger partial charge in [-0.05, 0) is 0 Å². The predicted octanol–water partition coefficient (Wildman–Crippen LogP) is 3.73. The van der Waals surface area contributed by atoms with Gasteiger partial charge >= 0.3 is 87.5 Å². The summed E-state index contributed by atoms with van der Waals surface area (Å²) in [5.74, 6) is 0.856. The van der Waals surface area contributed by atoms with Crippen molar-refractivity contribution in [1.82, 2.24) is 0 Å². The minimum atomic E-state index is 0.501. The Bertz CT molecular complexity index is 116. The molecule has 2 atom stereocenters. The third kappa shape index (κ3) is 3.68. The molecule has 1 aliphatic heterocycles. The zero-order valence-corrected chi connectivity index (χ0v) is 10.4. The normalized spacial score (nSPS) is 31.5. The second-order valence-electron chi connectivity index (χ2n) is 3.64. The van der Waals surface area contributed by atoms with Crippen molar-refractivity contribution in [1.29, 1.82) is 0 Å². The molecule has 1 fully saturated rings. The van der Waals surface area contributed by atoms with Crippen LogP contribution in [0.1, 0.15) is 39.0 Å². The third-order valence-electron chi connectivity index (χ3n) is 2.54. The standard InChI is InChI=1S/C10H19ClSe/c1-2-3-5-9-8-12-7-4-6-10(9)11/h9-10H,2-8H2,1H3/t9?,10-/m0/s1. The van der Waals surface area contributed by atoms with E-state index in [1.807, 2.05) is 0 Å². The molecule has 0 N–H and O–H groups in total. The van der Waals surface area contributed by atoms with E-state index >= 15 is 0 Å². The van der Waals surface area contributed by atoms with E-state index in [0.29, 0.717) is 5.38 Å². The first-order valence-electron chi connectivity index (χ1n) is 5.06. The quantitative estimate of drug-likeness (QED) is 0.531. The summed E-state index contributed by atoms with van der Waals surface area (Å²) < 4.78 is 0. The fourth-order valence-electron chi connectivity index (χ4n) is 1.69. The van der Waals surface area contributed by atoms with Crippen molar-refractivity contribution in [2.24, 2.45) is 5.92 Å². The predicted molar refractivity (Wildman–Crippen MR) is 57.3 cm³/mol. The molecular formula is C10H19ClSe. The van der Waals surface area contributed by atoms with Gasteiger partial charge in [0.15, 0.2) is 0 Å². The Kier molecular flexibility index (Phi) is 5.71. The van der Waals surface area contributed by atoms with Crippen LogP contribution in [0.25, 0.3) is 0 Å². The molecule has 0 aromatic heterocycles. The zero-order chi connectivity index (χ0) is 8.81. The molecule has 0 radical (unpaired) electrons. The summed E-state index contributed by atoms with van der Waals surface area (Å²) in [5, 5.41) is 3.42. The van der Waals surface area contributed by atoms with E-state index in [4.69, 9.17) is 11.6 Å². The van der Waals surface area contributed by atoms with Crippen molar-refractivity contribution in [3.05, 3.63) is 0 Å². The maximum absolute atomic E-state index is 6.33. The minimum absolute atomic E-state index is 0.501. The van der Waals surface area contributed by atoms with Gasteiger partial charge in [-0.1, -0.05) is 0 Å². The van der Waals surface area contributed by atoms with Crippen LogP contribution in [0.2, 0.25) is 10.6 Å². The van der Waals surface area contributed by atoms with Crippen LogP contribution in [-0.4, -0.2) is 20.3 Å². The molecule has 0 nitrogen and oxygen atoms in total. The first kappa shape index (κ1) is 10.9. The Morgan fingerprint density at radius 1 is 1.50 bits per heavy atom. The molecule has 1 unspecified atom stereocenters. The summed E-state index contributed by atoms with van der Waals surface area (Å²) in [6.07, 6.45) is 6.75. The number of hydrogen-bond acceptors (Lipinski definition) is 0. The zero-order valence-electron chi connectivity index (χ0n) is 7.89. The van der Waals surface area contributed by atoms with Gasteiger partial charge in [-0.15, -0.1) is 0 Å². The number of halogens is 1. The van der Waals surface area contributed by atoms with Gasteiger partial charge in [0.1, 0.15) is 0 Å². The van der Waals surface area contributed by atoms with Gasteiger partial charge in [-0.25, -0.2) is 0 Å². The van der Waals surface area contributed by atoms with E-state index in [0.717, 1.165) is 20.9 Å². The van der Waals surface area contributed by atoms with Gasteiger partial charge in [0, 0.05) is 0 Å². The van der Waals surface area contributed by atoms with Gasteiger partial charge in [-0.2, -0.15) is 0 Å². The summed E-state index contributed by atoms with van der Waals surface area (Å²) in [4.78, 5) is 0. The first-order valence-corrected chi connectivity index (χ1v) is 7.92. The van der Waals surface area contributed by atoms with Crippen molar-refractivity contribution in [3.8, 4) is 0 Å². The molecule has 1 heterocycles. The van der Waals surface area contributed by atoms with Gasteiger partial charge in [0.25, 0.3) is 0 Å². The molecule has 2 heteroatoms. The van der Waals surface area contributed by atoms with E-state index in [1.54, 1.807) is 0 Å². The van der Waals surface area contributed by atoms with Crippen LogP contribution in [-0.2, 0) is 0 Å². The summed E-state index contributed by atoms with van der Waals surface area (Å²) in [6, 6.07) is 0. The molecule has 0 aromatic carbocycles. The van der Waals surface area contributed by atoms with Crippen LogP contribution in [0.15, 0.2) is 0 Å². The topological polar surface area (TPSA) is 0 Å². The number of unbranched alkanes of at least 4 members (excludes halogenated alkanes) is 1. The second-order valence-corrected chi connectivity index (χ2v) is 6.61. The molecule has 1 saturated heterocycles. The average Bonchev–Trinajstić information content (AvgIpc) is 2.27. The van der Waals surface area contributed by atoms with Crippen LogP contribution in [0.5, 0.6) is 0 Å². The Morgan fingerprint density at radius 2 is 2.33 bits per heavy atom. The van der Waals surface area contributed by atoms with E-state index in [-0.39, 0.29) is 0 Å². The van der Waals surface area contributed by atoms with Crippen molar-refractivity contribution >= 4 is 26.6 Å². The SMILES string of the molecule is CCCCC1C[Se]CCC[C@@H]1Cl. The molecule has 0 amide bonds. The maximum atomic E-state index is 6.33. The second kappa shape index (κ2) is 6.29. The first-order chi connectivity index (χ1) is 5.84. The van der Waals surface area contributed by atoms with Crippen LogP contribution in [0.4, 0.5) is 0 Å². The molecular weight excluding hydrogens is 235 g/mol. The number of alkyl halides is 1. The van der Waals surface area contributed by atoms with Crippen molar-refractivity contribution < 1.29 is 0 Å². The Balaban J connectivity index is 2.26. The summed E-state index contributed by atoms with van der Waals surface area (Å²) >= 11 is 7.24. The summed E-state index contributed by atoms with van der Waals surface area (Å²) in [7, 11) is 0. The van der Waals surface area contributed by atoms with Crippen molar-refractivity contribution in [3.63, 3.8) is 0 Å². The van der Waals surface area contributed by atoms with Gasteiger partial charge in [-0.3, -0.25) is 0 Å². The van der Waals surface area contributed by atoms with Crippen LogP contribution < -0.4 is 0 Å². The molecule has 0 aromatic rings. The molecule has 1 rings (SSSR count). The van der Waals surface area contributed by atoms with Gasteiger partial charge in [0.2, 0.25) is 0 Å². The Hall–Kier alpha value is 0.809. The van der Waals surface area contributed by atoms with Gasteiger partial charge < -0.3 is 0 Å². The molecule has 1 aliphatic rings. The van der Waals surface area contributed by atoms with Crippen LogP contribution in [0.3, 0.4) is 0 Å². The van der Waals surface area contributed by atoms with Crippen molar-refractivity contribution in [2.45, 2.75) is 55.0 Å². The van der Waals surface area contributed by atoms with E-state index in [2.05, 4.69) is 6.92 Å². The molecule has 0 bridgehead atoms. The fourth-order valence-corrected chi connectivity index (χ4v) is 4.89. The number of rotatable bonds is 3. The summed E-state index contributed by atoms with van der Waals surface area (Å²) in [5.41, 5.74) is 0. The molecule has 12 heavy (non-hydrogen) atoms. The third-order valence-corrected chi connectivity index (χ3v) is 5.72. The van der Waals surface area contributed by atoms with Crippen LogP contribution >= 0.6 is 11.6 Å². The van der Waals surface area contributed by atoms with Crippen molar-refractivity contribution in [2.75, 3.05) is 0 Å². The van der Waals surface area contributed by atoms with Gasteiger partial charge in [0.05, 0.1) is 0 Å². The Labute approximate surface area is 87.6 Å².